The minimum atomic E-state index is -0.898. The van der Waals surface area contributed by atoms with Crippen molar-refractivity contribution < 1.29 is 9.00 Å². The van der Waals surface area contributed by atoms with Crippen LogP contribution in [0.2, 0.25) is 0 Å². The van der Waals surface area contributed by atoms with Crippen molar-refractivity contribution >= 4 is 22.4 Å². The Morgan fingerprint density at radius 1 is 1.41 bits per heavy atom. The van der Waals surface area contributed by atoms with Crippen molar-refractivity contribution in [3.63, 3.8) is 0 Å². The van der Waals surface area contributed by atoms with Crippen molar-refractivity contribution in [2.45, 2.75) is 19.9 Å². The lowest BCUT2D eigenvalue weighted by Gasteiger charge is -2.09. The smallest absolute Gasteiger partial charge is 0.225 e. The van der Waals surface area contributed by atoms with E-state index in [9.17, 15) is 9.00 Å². The molecule has 0 spiro atoms. The zero-order chi connectivity index (χ0) is 12.7. The Kier molecular flexibility index (Phi) is 5.86. The van der Waals surface area contributed by atoms with E-state index in [-0.39, 0.29) is 12.3 Å². The second kappa shape index (κ2) is 7.19. The summed E-state index contributed by atoms with van der Waals surface area (Å²) in [6, 6.07) is 7.42. The van der Waals surface area contributed by atoms with Crippen molar-refractivity contribution in [3.05, 3.63) is 29.8 Å². The SMILES string of the molecule is CCS(=O)CCC(=O)Nc1ccccc1CN. The number of nitrogens with one attached hydrogen (secondary N) is 1. The van der Waals surface area contributed by atoms with E-state index < -0.39 is 10.8 Å². The Hall–Kier alpha value is -1.20. The molecule has 17 heavy (non-hydrogen) atoms. The fourth-order valence-corrected chi connectivity index (χ4v) is 2.09. The molecule has 1 atom stereocenters. The number of carbonyl (C=O) groups excluding carboxylic acids is 1. The van der Waals surface area contributed by atoms with Crippen LogP contribution in [0.25, 0.3) is 0 Å². The minimum absolute atomic E-state index is 0.118. The molecule has 0 heterocycles. The minimum Gasteiger partial charge on any atom is -0.326 e. The van der Waals surface area contributed by atoms with Gasteiger partial charge in [0.25, 0.3) is 0 Å². The number of anilines is 1. The first-order valence-corrected chi connectivity index (χ1v) is 7.09. The number of rotatable bonds is 6. The van der Waals surface area contributed by atoms with Crippen LogP contribution in [-0.2, 0) is 22.1 Å². The highest BCUT2D eigenvalue weighted by atomic mass is 32.2. The summed E-state index contributed by atoms with van der Waals surface area (Å²) in [5.74, 6) is 0.882. The summed E-state index contributed by atoms with van der Waals surface area (Å²) in [6.45, 7) is 2.23. The van der Waals surface area contributed by atoms with Gasteiger partial charge in [-0.2, -0.15) is 0 Å². The first-order chi connectivity index (χ1) is 8.17. The summed E-state index contributed by atoms with van der Waals surface area (Å²) < 4.78 is 11.2. The van der Waals surface area contributed by atoms with Gasteiger partial charge in [0.05, 0.1) is 0 Å². The molecule has 0 bridgehead atoms. The van der Waals surface area contributed by atoms with Crippen LogP contribution in [-0.4, -0.2) is 21.6 Å². The molecule has 1 amide bonds. The highest BCUT2D eigenvalue weighted by Gasteiger charge is 2.07. The van der Waals surface area contributed by atoms with Crippen LogP contribution in [0.1, 0.15) is 18.9 Å². The molecule has 1 aromatic carbocycles. The monoisotopic (exact) mass is 254 g/mol. The van der Waals surface area contributed by atoms with Crippen LogP contribution >= 0.6 is 0 Å². The standard InChI is InChI=1S/C12H18N2O2S/c1-2-17(16)8-7-12(15)14-11-6-4-3-5-10(11)9-13/h3-6H,2,7-9,13H2,1H3,(H,14,15). The average molecular weight is 254 g/mol. The van der Waals surface area contributed by atoms with Gasteiger partial charge in [-0.3, -0.25) is 9.00 Å². The topological polar surface area (TPSA) is 72.2 Å². The largest absolute Gasteiger partial charge is 0.326 e. The lowest BCUT2D eigenvalue weighted by Crippen LogP contribution is -2.16. The molecular formula is C12H18N2O2S. The van der Waals surface area contributed by atoms with E-state index in [2.05, 4.69) is 5.32 Å². The van der Waals surface area contributed by atoms with E-state index in [1.807, 2.05) is 31.2 Å². The fraction of sp³-hybridized carbons (Fsp3) is 0.417. The molecule has 0 aliphatic carbocycles. The second-order valence-corrected chi connectivity index (χ2v) is 5.46. The fourth-order valence-electron chi connectivity index (χ4n) is 1.38. The van der Waals surface area contributed by atoms with Crippen LogP contribution in [0.15, 0.2) is 24.3 Å². The first-order valence-electron chi connectivity index (χ1n) is 5.60. The number of para-hydroxylation sites is 1. The van der Waals surface area contributed by atoms with E-state index >= 15 is 0 Å². The number of nitrogens with two attached hydrogens (primary N) is 1. The maximum absolute atomic E-state index is 11.6. The average Bonchev–Trinajstić information content (AvgIpc) is 2.36. The van der Waals surface area contributed by atoms with E-state index in [4.69, 9.17) is 5.73 Å². The van der Waals surface area contributed by atoms with Crippen molar-refractivity contribution in [2.75, 3.05) is 16.8 Å². The Bertz CT molecular complexity index is 407. The van der Waals surface area contributed by atoms with Crippen LogP contribution in [0.5, 0.6) is 0 Å². The van der Waals surface area contributed by atoms with Gasteiger partial charge in [0.1, 0.15) is 0 Å². The van der Waals surface area contributed by atoms with Crippen LogP contribution in [0.3, 0.4) is 0 Å². The zero-order valence-corrected chi connectivity index (χ0v) is 10.8. The number of hydrogen-bond acceptors (Lipinski definition) is 3. The second-order valence-electron chi connectivity index (χ2n) is 3.59. The molecule has 1 unspecified atom stereocenters. The molecule has 0 aliphatic rings. The molecule has 0 saturated carbocycles. The highest BCUT2D eigenvalue weighted by Crippen LogP contribution is 2.14. The van der Waals surface area contributed by atoms with Crippen molar-refractivity contribution in [3.8, 4) is 0 Å². The predicted molar refractivity (Wildman–Crippen MR) is 71.1 cm³/mol. The molecule has 1 rings (SSSR count). The highest BCUT2D eigenvalue weighted by molar-refractivity contribution is 7.84. The van der Waals surface area contributed by atoms with Crippen molar-refractivity contribution in [2.24, 2.45) is 5.73 Å². The molecule has 94 valence electrons. The van der Waals surface area contributed by atoms with Crippen LogP contribution in [0, 0.1) is 0 Å². The molecule has 0 radical (unpaired) electrons. The van der Waals surface area contributed by atoms with Crippen molar-refractivity contribution in [1.29, 1.82) is 0 Å². The Morgan fingerprint density at radius 2 is 2.12 bits per heavy atom. The van der Waals surface area contributed by atoms with Gasteiger partial charge >= 0.3 is 0 Å². The van der Waals surface area contributed by atoms with Gasteiger partial charge in [-0.05, 0) is 11.6 Å². The molecule has 0 fully saturated rings. The maximum Gasteiger partial charge on any atom is 0.225 e. The number of amides is 1. The third-order valence-electron chi connectivity index (χ3n) is 2.39. The van der Waals surface area contributed by atoms with E-state index in [1.54, 1.807) is 0 Å². The lowest BCUT2D eigenvalue weighted by atomic mass is 10.2. The summed E-state index contributed by atoms with van der Waals surface area (Å²) in [5.41, 5.74) is 7.21. The molecule has 5 heteroatoms. The molecule has 1 aromatic rings. The van der Waals surface area contributed by atoms with E-state index in [0.29, 0.717) is 18.1 Å². The Morgan fingerprint density at radius 3 is 2.76 bits per heavy atom. The molecule has 3 N–H and O–H groups in total. The van der Waals surface area contributed by atoms with Gasteiger partial charge in [-0.25, -0.2) is 0 Å². The van der Waals surface area contributed by atoms with Gasteiger partial charge in [0, 0.05) is 41.0 Å². The summed E-state index contributed by atoms with van der Waals surface area (Å²) in [5, 5.41) is 2.79. The van der Waals surface area contributed by atoms with E-state index in [1.165, 1.54) is 0 Å². The van der Waals surface area contributed by atoms with Crippen LogP contribution < -0.4 is 11.1 Å². The predicted octanol–water partition coefficient (Wildman–Crippen LogP) is 1.24. The van der Waals surface area contributed by atoms with Gasteiger partial charge < -0.3 is 11.1 Å². The summed E-state index contributed by atoms with van der Waals surface area (Å²) in [4.78, 5) is 11.6. The summed E-state index contributed by atoms with van der Waals surface area (Å²) >= 11 is 0. The normalized spacial score (nSPS) is 12.1. The van der Waals surface area contributed by atoms with Gasteiger partial charge in [0.2, 0.25) is 5.91 Å². The number of benzene rings is 1. The van der Waals surface area contributed by atoms with Crippen LogP contribution in [0.4, 0.5) is 5.69 Å². The zero-order valence-electron chi connectivity index (χ0n) is 9.94. The Labute approximate surface area is 104 Å². The third-order valence-corrected chi connectivity index (χ3v) is 3.69. The quantitative estimate of drug-likeness (QED) is 0.802. The van der Waals surface area contributed by atoms with Gasteiger partial charge in [-0.1, -0.05) is 25.1 Å². The molecule has 0 aromatic heterocycles. The number of hydrogen-bond donors (Lipinski definition) is 2. The van der Waals surface area contributed by atoms with Gasteiger partial charge in [-0.15, -0.1) is 0 Å². The van der Waals surface area contributed by atoms with Gasteiger partial charge in [0.15, 0.2) is 0 Å². The first kappa shape index (κ1) is 13.9. The summed E-state index contributed by atoms with van der Waals surface area (Å²) in [7, 11) is -0.898. The van der Waals surface area contributed by atoms with Crippen molar-refractivity contribution in [1.82, 2.24) is 0 Å². The molecule has 0 saturated heterocycles. The number of carbonyl (C=O) groups is 1. The maximum atomic E-state index is 11.6. The Balaban J connectivity index is 2.53. The van der Waals surface area contributed by atoms with E-state index in [0.717, 1.165) is 11.3 Å². The molecular weight excluding hydrogens is 236 g/mol. The summed E-state index contributed by atoms with van der Waals surface area (Å²) in [6.07, 6.45) is 0.277. The molecule has 4 nitrogen and oxygen atoms in total. The lowest BCUT2D eigenvalue weighted by molar-refractivity contribution is -0.115. The molecule has 0 aliphatic heterocycles. The third kappa shape index (κ3) is 4.66.